The lowest BCUT2D eigenvalue weighted by molar-refractivity contribution is -0.385. The molecule has 6 nitrogen and oxygen atoms in total. The van der Waals surface area contributed by atoms with Gasteiger partial charge in [0.15, 0.2) is 0 Å². The summed E-state index contributed by atoms with van der Waals surface area (Å²) >= 11 is 3.26. The van der Waals surface area contributed by atoms with E-state index in [9.17, 15) is 10.1 Å². The van der Waals surface area contributed by atoms with Crippen LogP contribution in [-0.4, -0.2) is 34.2 Å². The van der Waals surface area contributed by atoms with Gasteiger partial charge in [-0.05, 0) is 29.8 Å². The second-order valence-electron chi connectivity index (χ2n) is 3.77. The summed E-state index contributed by atoms with van der Waals surface area (Å²) in [6.07, 6.45) is 1.22. The molecular weight excluding hydrogens is 290 g/mol. The zero-order valence-electron chi connectivity index (χ0n) is 9.63. The predicted octanol–water partition coefficient (Wildman–Crippen LogP) is 1.96. The van der Waals surface area contributed by atoms with Crippen molar-refractivity contribution in [2.45, 2.75) is 19.9 Å². The van der Waals surface area contributed by atoms with E-state index in [0.717, 1.165) is 0 Å². The van der Waals surface area contributed by atoms with E-state index in [4.69, 9.17) is 5.11 Å². The van der Waals surface area contributed by atoms with Crippen molar-refractivity contribution in [1.82, 2.24) is 4.98 Å². The molecule has 0 aromatic carbocycles. The van der Waals surface area contributed by atoms with Gasteiger partial charge in [-0.25, -0.2) is 4.98 Å². The van der Waals surface area contributed by atoms with Gasteiger partial charge in [0.25, 0.3) is 5.69 Å². The highest BCUT2D eigenvalue weighted by Crippen LogP contribution is 2.28. The summed E-state index contributed by atoms with van der Waals surface area (Å²) in [4.78, 5) is 16.0. The minimum Gasteiger partial charge on any atom is -0.395 e. The molecule has 7 heteroatoms. The number of anilines is 1. The lowest BCUT2D eigenvalue weighted by Crippen LogP contribution is -2.34. The Morgan fingerprint density at radius 3 is 2.71 bits per heavy atom. The van der Waals surface area contributed by atoms with E-state index in [1.54, 1.807) is 0 Å². The summed E-state index contributed by atoms with van der Waals surface area (Å²) < 4.78 is 0.550. The van der Waals surface area contributed by atoms with Crippen LogP contribution in [0.5, 0.6) is 0 Å². The van der Waals surface area contributed by atoms with E-state index < -0.39 is 4.92 Å². The molecule has 94 valence electrons. The molecular formula is C10H14BrN3O3. The summed E-state index contributed by atoms with van der Waals surface area (Å²) in [5.41, 5.74) is -0.0617. The van der Waals surface area contributed by atoms with E-state index in [1.807, 2.05) is 18.7 Å². The third kappa shape index (κ3) is 3.37. The number of rotatable bonds is 5. The molecule has 0 bridgehead atoms. The van der Waals surface area contributed by atoms with E-state index in [2.05, 4.69) is 20.9 Å². The van der Waals surface area contributed by atoms with Gasteiger partial charge in [-0.15, -0.1) is 0 Å². The molecule has 0 amide bonds. The first kappa shape index (κ1) is 13.9. The van der Waals surface area contributed by atoms with Crippen molar-refractivity contribution >= 4 is 27.4 Å². The Hall–Kier alpha value is -1.21. The molecule has 0 spiro atoms. The molecule has 0 aliphatic rings. The van der Waals surface area contributed by atoms with Gasteiger partial charge in [-0.2, -0.15) is 0 Å². The second kappa shape index (κ2) is 5.92. The van der Waals surface area contributed by atoms with Crippen molar-refractivity contribution in [1.29, 1.82) is 0 Å². The van der Waals surface area contributed by atoms with Crippen LogP contribution in [0.15, 0.2) is 16.7 Å². The fourth-order valence-corrected chi connectivity index (χ4v) is 2.01. The molecule has 1 aromatic rings. The molecule has 0 fully saturated rings. The lowest BCUT2D eigenvalue weighted by atomic mass is 10.3. The molecule has 0 aliphatic heterocycles. The van der Waals surface area contributed by atoms with Crippen LogP contribution >= 0.6 is 15.9 Å². The Morgan fingerprint density at radius 1 is 1.65 bits per heavy atom. The van der Waals surface area contributed by atoms with Crippen LogP contribution in [-0.2, 0) is 0 Å². The molecule has 1 heterocycles. The highest BCUT2D eigenvalue weighted by atomic mass is 79.9. The number of nitro groups is 1. The molecule has 0 radical (unpaired) electrons. The molecule has 1 aromatic heterocycles. The van der Waals surface area contributed by atoms with Gasteiger partial charge in [0.2, 0.25) is 0 Å². The maximum atomic E-state index is 10.6. The number of aliphatic hydroxyl groups excluding tert-OH is 1. The molecule has 0 atom stereocenters. The zero-order valence-corrected chi connectivity index (χ0v) is 11.2. The smallest absolute Gasteiger partial charge is 0.288 e. The first-order valence-corrected chi connectivity index (χ1v) is 5.94. The number of halogens is 1. The lowest BCUT2D eigenvalue weighted by Gasteiger charge is -2.27. The highest BCUT2D eigenvalue weighted by Gasteiger charge is 2.17. The Bertz CT molecular complexity index is 412. The summed E-state index contributed by atoms with van der Waals surface area (Å²) in [5.74, 6) is 0.597. The van der Waals surface area contributed by atoms with Gasteiger partial charge in [0, 0.05) is 18.7 Å². The summed E-state index contributed by atoms with van der Waals surface area (Å²) in [6.45, 7) is 4.36. The number of hydrogen-bond donors (Lipinski definition) is 1. The molecule has 0 unspecified atom stereocenters. The van der Waals surface area contributed by atoms with Crippen LogP contribution in [0.3, 0.4) is 0 Å². The van der Waals surface area contributed by atoms with E-state index >= 15 is 0 Å². The highest BCUT2D eigenvalue weighted by molar-refractivity contribution is 9.10. The number of aromatic nitrogens is 1. The third-order valence-corrected chi connectivity index (χ3v) is 2.84. The maximum absolute atomic E-state index is 10.6. The van der Waals surface area contributed by atoms with Crippen molar-refractivity contribution in [2.75, 3.05) is 18.1 Å². The topological polar surface area (TPSA) is 79.5 Å². The largest absolute Gasteiger partial charge is 0.395 e. The molecule has 1 rings (SSSR count). The first-order chi connectivity index (χ1) is 7.97. The monoisotopic (exact) mass is 303 g/mol. The first-order valence-electron chi connectivity index (χ1n) is 5.14. The quantitative estimate of drug-likeness (QED) is 0.664. The van der Waals surface area contributed by atoms with Crippen LogP contribution in [0.25, 0.3) is 0 Å². The number of aliphatic hydroxyl groups is 1. The van der Waals surface area contributed by atoms with Gasteiger partial charge in [-0.1, -0.05) is 0 Å². The van der Waals surface area contributed by atoms with Gasteiger partial charge in [-0.3, -0.25) is 10.1 Å². The van der Waals surface area contributed by atoms with Gasteiger partial charge >= 0.3 is 0 Å². The van der Waals surface area contributed by atoms with Crippen molar-refractivity contribution in [3.05, 3.63) is 26.9 Å². The van der Waals surface area contributed by atoms with Gasteiger partial charge in [0.1, 0.15) is 12.0 Å². The van der Waals surface area contributed by atoms with Crippen molar-refractivity contribution < 1.29 is 10.0 Å². The molecule has 17 heavy (non-hydrogen) atoms. The zero-order chi connectivity index (χ0) is 13.0. The Labute approximate surface area is 108 Å². The SMILES string of the molecule is CC(C)N(CCO)c1ncc([N+](=O)[O-])cc1Br. The predicted molar refractivity (Wildman–Crippen MR) is 68.2 cm³/mol. The minimum absolute atomic E-state index is 0.00326. The average Bonchev–Trinajstić information content (AvgIpc) is 2.26. The van der Waals surface area contributed by atoms with Crippen molar-refractivity contribution in [3.8, 4) is 0 Å². The number of pyridine rings is 1. The van der Waals surface area contributed by atoms with Crippen molar-refractivity contribution in [2.24, 2.45) is 0 Å². The van der Waals surface area contributed by atoms with Crippen LogP contribution in [0.2, 0.25) is 0 Å². The van der Waals surface area contributed by atoms with Crippen LogP contribution in [0.1, 0.15) is 13.8 Å². The van der Waals surface area contributed by atoms with E-state index in [1.165, 1.54) is 12.3 Å². The maximum Gasteiger partial charge on any atom is 0.288 e. The number of hydrogen-bond acceptors (Lipinski definition) is 5. The number of nitrogens with zero attached hydrogens (tertiary/aromatic N) is 3. The normalized spacial score (nSPS) is 10.6. The van der Waals surface area contributed by atoms with Crippen LogP contribution < -0.4 is 4.90 Å². The fraction of sp³-hybridized carbons (Fsp3) is 0.500. The van der Waals surface area contributed by atoms with Gasteiger partial charge < -0.3 is 10.0 Å². The summed E-state index contributed by atoms with van der Waals surface area (Å²) in [6, 6.07) is 1.56. The summed E-state index contributed by atoms with van der Waals surface area (Å²) in [7, 11) is 0. The minimum atomic E-state index is -0.493. The average molecular weight is 304 g/mol. The standard InChI is InChI=1S/C10H14BrN3O3/c1-7(2)13(3-4-15)10-9(11)5-8(6-12-10)14(16)17/h5-7,15H,3-4H2,1-2H3. The van der Waals surface area contributed by atoms with Crippen LogP contribution in [0, 0.1) is 10.1 Å². The Kier molecular flexibility index (Phi) is 4.83. The van der Waals surface area contributed by atoms with E-state index in [0.29, 0.717) is 16.8 Å². The van der Waals surface area contributed by atoms with E-state index in [-0.39, 0.29) is 18.3 Å². The Morgan fingerprint density at radius 2 is 2.29 bits per heavy atom. The summed E-state index contributed by atoms with van der Waals surface area (Å²) in [5, 5.41) is 19.6. The molecule has 0 saturated carbocycles. The van der Waals surface area contributed by atoms with Crippen LogP contribution in [0.4, 0.5) is 11.5 Å². The van der Waals surface area contributed by atoms with Gasteiger partial charge in [0.05, 0.1) is 16.0 Å². The molecule has 1 N–H and O–H groups in total. The Balaban J connectivity index is 3.08. The second-order valence-corrected chi connectivity index (χ2v) is 4.62. The molecule has 0 aliphatic carbocycles. The third-order valence-electron chi connectivity index (χ3n) is 2.25. The fourth-order valence-electron chi connectivity index (χ4n) is 1.45. The van der Waals surface area contributed by atoms with Crippen molar-refractivity contribution in [3.63, 3.8) is 0 Å². The molecule has 0 saturated heterocycles.